The number of alkyl halides is 3. The van der Waals surface area contributed by atoms with E-state index in [4.69, 9.17) is 0 Å². The monoisotopic (exact) mass is 336 g/mol. The summed E-state index contributed by atoms with van der Waals surface area (Å²) in [5.74, 6) is 0.343. The number of hydrogen-bond donors (Lipinski definition) is 1. The fourth-order valence-corrected chi connectivity index (χ4v) is 2.45. The second-order valence-electron chi connectivity index (χ2n) is 5.20. The number of aromatic nitrogens is 4. The van der Waals surface area contributed by atoms with Gasteiger partial charge in [0, 0.05) is 6.07 Å². The number of benzene rings is 1. The summed E-state index contributed by atoms with van der Waals surface area (Å²) in [6.07, 6.45) is -3.53. The summed E-state index contributed by atoms with van der Waals surface area (Å²) in [5.41, 5.74) is -2.07. The Balaban J connectivity index is 2.18. The highest BCUT2D eigenvalue weighted by atomic mass is 19.4. The highest BCUT2D eigenvalue weighted by Gasteiger charge is 2.33. The van der Waals surface area contributed by atoms with Gasteiger partial charge in [0.05, 0.1) is 35.0 Å². The number of hydrogen-bond acceptors (Lipinski definition) is 4. The zero-order valence-corrected chi connectivity index (χ0v) is 12.4. The third kappa shape index (κ3) is 2.92. The van der Waals surface area contributed by atoms with E-state index in [1.807, 2.05) is 0 Å². The SMILES string of the molecule is Cc1nc(Cn2cnc3cccc(C(F)(F)F)c3c2=O)cc(=O)[nH]1. The fraction of sp³-hybridized carbons (Fsp3) is 0.200. The third-order valence-corrected chi connectivity index (χ3v) is 3.40. The van der Waals surface area contributed by atoms with Crippen molar-refractivity contribution in [3.05, 3.63) is 68.4 Å². The van der Waals surface area contributed by atoms with Crippen molar-refractivity contribution < 1.29 is 13.2 Å². The largest absolute Gasteiger partial charge is 0.417 e. The first-order chi connectivity index (χ1) is 11.3. The highest BCUT2D eigenvalue weighted by molar-refractivity contribution is 5.81. The molecular formula is C15H11F3N4O2. The molecule has 6 nitrogen and oxygen atoms in total. The average Bonchev–Trinajstić information content (AvgIpc) is 2.48. The van der Waals surface area contributed by atoms with Crippen LogP contribution in [-0.2, 0) is 12.7 Å². The van der Waals surface area contributed by atoms with Crippen molar-refractivity contribution in [1.82, 2.24) is 19.5 Å². The van der Waals surface area contributed by atoms with Crippen molar-refractivity contribution in [2.75, 3.05) is 0 Å². The minimum Gasteiger partial charge on any atom is -0.311 e. The maximum atomic E-state index is 13.1. The molecule has 24 heavy (non-hydrogen) atoms. The molecule has 0 fully saturated rings. The van der Waals surface area contributed by atoms with Crippen LogP contribution in [0.1, 0.15) is 17.1 Å². The Morgan fingerprint density at radius 3 is 2.67 bits per heavy atom. The van der Waals surface area contributed by atoms with Gasteiger partial charge in [0.15, 0.2) is 0 Å². The van der Waals surface area contributed by atoms with Crippen LogP contribution in [0.2, 0.25) is 0 Å². The number of halogens is 3. The second-order valence-corrected chi connectivity index (χ2v) is 5.20. The topological polar surface area (TPSA) is 80.6 Å². The molecule has 0 radical (unpaired) electrons. The number of aryl methyl sites for hydroxylation is 1. The summed E-state index contributed by atoms with van der Waals surface area (Å²) in [5, 5.41) is -0.505. The zero-order chi connectivity index (χ0) is 17.5. The first-order valence-corrected chi connectivity index (χ1v) is 6.88. The van der Waals surface area contributed by atoms with Crippen LogP contribution in [0.4, 0.5) is 13.2 Å². The Labute approximate surface area is 132 Å². The lowest BCUT2D eigenvalue weighted by Crippen LogP contribution is -2.25. The molecule has 0 saturated carbocycles. The number of nitrogens with zero attached hydrogens (tertiary/aromatic N) is 3. The molecule has 0 atom stereocenters. The van der Waals surface area contributed by atoms with E-state index >= 15 is 0 Å². The van der Waals surface area contributed by atoms with E-state index in [-0.39, 0.29) is 17.8 Å². The third-order valence-electron chi connectivity index (χ3n) is 3.40. The molecule has 0 saturated heterocycles. The molecule has 0 bridgehead atoms. The van der Waals surface area contributed by atoms with Crippen LogP contribution >= 0.6 is 0 Å². The van der Waals surface area contributed by atoms with E-state index in [0.717, 1.165) is 17.0 Å². The lowest BCUT2D eigenvalue weighted by molar-refractivity contribution is -0.136. The van der Waals surface area contributed by atoms with Gasteiger partial charge in [-0.05, 0) is 19.1 Å². The Bertz CT molecular complexity index is 1040. The number of aromatic amines is 1. The van der Waals surface area contributed by atoms with Crippen molar-refractivity contribution in [2.24, 2.45) is 0 Å². The van der Waals surface area contributed by atoms with E-state index in [9.17, 15) is 22.8 Å². The molecule has 0 amide bonds. The quantitative estimate of drug-likeness (QED) is 0.774. The van der Waals surface area contributed by atoms with Crippen molar-refractivity contribution in [3.63, 3.8) is 0 Å². The van der Waals surface area contributed by atoms with E-state index in [0.29, 0.717) is 5.82 Å². The summed E-state index contributed by atoms with van der Waals surface area (Å²) >= 11 is 0. The Morgan fingerprint density at radius 2 is 2.00 bits per heavy atom. The molecule has 124 valence electrons. The van der Waals surface area contributed by atoms with Crippen LogP contribution in [0.15, 0.2) is 40.2 Å². The lowest BCUT2D eigenvalue weighted by atomic mass is 10.1. The predicted octanol–water partition coefficient (Wildman–Crippen LogP) is 1.86. The number of H-pyrrole nitrogens is 1. The normalized spacial score (nSPS) is 11.8. The summed E-state index contributed by atoms with van der Waals surface area (Å²) in [4.78, 5) is 34.3. The van der Waals surface area contributed by atoms with Crippen LogP contribution in [0.25, 0.3) is 10.9 Å². The van der Waals surface area contributed by atoms with Crippen LogP contribution < -0.4 is 11.1 Å². The minimum atomic E-state index is -4.67. The van der Waals surface area contributed by atoms with Gasteiger partial charge >= 0.3 is 6.18 Å². The van der Waals surface area contributed by atoms with Crippen molar-refractivity contribution in [1.29, 1.82) is 0 Å². The average molecular weight is 336 g/mol. The van der Waals surface area contributed by atoms with Crippen LogP contribution in [-0.4, -0.2) is 19.5 Å². The Morgan fingerprint density at radius 1 is 1.25 bits per heavy atom. The first-order valence-electron chi connectivity index (χ1n) is 6.88. The zero-order valence-electron chi connectivity index (χ0n) is 12.4. The van der Waals surface area contributed by atoms with Crippen LogP contribution in [0.3, 0.4) is 0 Å². The molecule has 2 aromatic heterocycles. The maximum absolute atomic E-state index is 13.1. The van der Waals surface area contributed by atoms with Gasteiger partial charge in [-0.2, -0.15) is 13.2 Å². The van der Waals surface area contributed by atoms with Gasteiger partial charge in [-0.1, -0.05) is 6.07 Å². The molecule has 3 aromatic rings. The molecule has 1 N–H and O–H groups in total. The van der Waals surface area contributed by atoms with Crippen LogP contribution in [0, 0.1) is 6.92 Å². The van der Waals surface area contributed by atoms with Gasteiger partial charge in [0.2, 0.25) is 0 Å². The van der Waals surface area contributed by atoms with Crippen molar-refractivity contribution in [3.8, 4) is 0 Å². The molecule has 0 unspecified atom stereocenters. The standard InChI is InChI=1S/C15H11F3N4O2/c1-8-20-9(5-12(23)21-8)6-22-7-19-11-4-2-3-10(15(16,17)18)13(11)14(22)24/h2-5,7H,6H2,1H3,(H,20,21,23). The summed E-state index contributed by atoms with van der Waals surface area (Å²) < 4.78 is 40.4. The molecule has 2 heterocycles. The number of fused-ring (bicyclic) bond motifs is 1. The van der Waals surface area contributed by atoms with E-state index in [2.05, 4.69) is 15.0 Å². The molecule has 0 spiro atoms. The molecule has 1 aromatic carbocycles. The van der Waals surface area contributed by atoms with Gasteiger partial charge in [-0.25, -0.2) is 9.97 Å². The van der Waals surface area contributed by atoms with Crippen LogP contribution in [0.5, 0.6) is 0 Å². The van der Waals surface area contributed by atoms with Gasteiger partial charge < -0.3 is 4.98 Å². The van der Waals surface area contributed by atoms with Gasteiger partial charge in [0.25, 0.3) is 11.1 Å². The predicted molar refractivity (Wildman–Crippen MR) is 79.7 cm³/mol. The summed E-state index contributed by atoms with van der Waals surface area (Å²) in [7, 11) is 0. The Hall–Kier alpha value is -2.97. The molecule has 0 aliphatic heterocycles. The fourth-order valence-electron chi connectivity index (χ4n) is 2.45. The molecular weight excluding hydrogens is 325 g/mol. The summed E-state index contributed by atoms with van der Waals surface area (Å²) in [6.45, 7) is 1.41. The molecule has 0 aliphatic carbocycles. The smallest absolute Gasteiger partial charge is 0.311 e. The Kier molecular flexibility index (Phi) is 3.70. The molecule has 3 rings (SSSR count). The molecule has 9 heteroatoms. The molecule has 0 aliphatic rings. The van der Waals surface area contributed by atoms with Crippen molar-refractivity contribution >= 4 is 10.9 Å². The highest BCUT2D eigenvalue weighted by Crippen LogP contribution is 2.32. The minimum absolute atomic E-state index is 0.0406. The number of nitrogens with one attached hydrogen (secondary N) is 1. The summed E-state index contributed by atoms with van der Waals surface area (Å²) in [6, 6.07) is 4.56. The van der Waals surface area contributed by atoms with Gasteiger partial charge in [-0.15, -0.1) is 0 Å². The van der Waals surface area contributed by atoms with E-state index in [1.54, 1.807) is 6.92 Å². The van der Waals surface area contributed by atoms with Crippen molar-refractivity contribution in [2.45, 2.75) is 19.6 Å². The maximum Gasteiger partial charge on any atom is 0.417 e. The van der Waals surface area contributed by atoms with Gasteiger partial charge in [-0.3, -0.25) is 14.2 Å². The lowest BCUT2D eigenvalue weighted by Gasteiger charge is -2.11. The van der Waals surface area contributed by atoms with Gasteiger partial charge in [0.1, 0.15) is 5.82 Å². The van der Waals surface area contributed by atoms with E-state index < -0.39 is 28.2 Å². The second kappa shape index (κ2) is 5.59. The van der Waals surface area contributed by atoms with E-state index in [1.165, 1.54) is 18.2 Å². The first kappa shape index (κ1) is 15.9. The number of rotatable bonds is 2.